The maximum Gasteiger partial charge on any atom is 0.324 e. The van der Waals surface area contributed by atoms with E-state index in [1.54, 1.807) is 26.0 Å². The fourth-order valence-corrected chi connectivity index (χ4v) is 4.93. The van der Waals surface area contributed by atoms with Crippen LogP contribution in [0.15, 0.2) is 27.6 Å². The molecule has 2 heterocycles. The van der Waals surface area contributed by atoms with Gasteiger partial charge in [0.1, 0.15) is 18.4 Å². The quantitative estimate of drug-likeness (QED) is 0.751. The number of esters is 1. The highest BCUT2D eigenvalue weighted by Crippen LogP contribution is 2.28. The van der Waals surface area contributed by atoms with Gasteiger partial charge in [-0.3, -0.25) is 4.79 Å². The summed E-state index contributed by atoms with van der Waals surface area (Å²) >= 11 is 0. The van der Waals surface area contributed by atoms with Crippen molar-refractivity contribution in [3.8, 4) is 0 Å². The Kier molecular flexibility index (Phi) is 5.60. The van der Waals surface area contributed by atoms with Crippen molar-refractivity contribution in [1.82, 2.24) is 9.46 Å². The zero-order chi connectivity index (χ0) is 20.6. The van der Waals surface area contributed by atoms with Crippen molar-refractivity contribution >= 4 is 16.0 Å². The molecule has 0 saturated carbocycles. The molecule has 1 aromatic heterocycles. The molecule has 3 rings (SSSR count). The van der Waals surface area contributed by atoms with Gasteiger partial charge in [0, 0.05) is 13.0 Å². The van der Waals surface area contributed by atoms with Gasteiger partial charge in [-0.1, -0.05) is 11.2 Å². The van der Waals surface area contributed by atoms with Crippen molar-refractivity contribution in [2.45, 2.75) is 57.8 Å². The minimum absolute atomic E-state index is 0.00942. The first-order valence-corrected chi connectivity index (χ1v) is 10.4. The summed E-state index contributed by atoms with van der Waals surface area (Å²) < 4.78 is 37.6. The number of aryl methyl sites for hydroxylation is 4. The Morgan fingerprint density at radius 3 is 2.61 bits per heavy atom. The fraction of sp³-hybridized carbons (Fsp3) is 0.474. The number of ether oxygens (including phenoxy) is 1. The molecule has 28 heavy (non-hydrogen) atoms. The summed E-state index contributed by atoms with van der Waals surface area (Å²) in [4.78, 5) is 12.7. The highest BCUT2D eigenvalue weighted by Gasteiger charge is 2.44. The number of aliphatic hydroxyl groups excluding tert-OH is 1. The molecule has 1 fully saturated rings. The lowest BCUT2D eigenvalue weighted by Crippen LogP contribution is -2.41. The molecule has 1 unspecified atom stereocenters. The highest BCUT2D eigenvalue weighted by atomic mass is 32.2. The number of nitrogens with zero attached hydrogens (tertiary/aromatic N) is 2. The number of carbonyl (C=O) groups is 1. The number of rotatable bonds is 5. The van der Waals surface area contributed by atoms with Gasteiger partial charge in [0.2, 0.25) is 10.0 Å². The number of hydrogen-bond acceptors (Lipinski definition) is 7. The average molecular weight is 408 g/mol. The smallest absolute Gasteiger partial charge is 0.324 e. The van der Waals surface area contributed by atoms with Crippen LogP contribution in [0.2, 0.25) is 0 Å². The molecule has 1 saturated heterocycles. The fourth-order valence-electron chi connectivity index (χ4n) is 3.22. The molecule has 1 aromatic carbocycles. The van der Waals surface area contributed by atoms with Crippen LogP contribution in [0.5, 0.6) is 0 Å². The van der Waals surface area contributed by atoms with E-state index in [9.17, 15) is 18.3 Å². The second-order valence-corrected chi connectivity index (χ2v) is 9.03. The Morgan fingerprint density at radius 2 is 2.00 bits per heavy atom. The molecule has 0 radical (unpaired) electrons. The molecule has 1 aliphatic rings. The van der Waals surface area contributed by atoms with Gasteiger partial charge in [-0.15, -0.1) is 0 Å². The SMILES string of the molecule is Cc1ccc(S(=O)(=O)N2CC(O)C[C@H]2C(=O)OCc2c(C)noc2C)cc1C. The third-order valence-corrected chi connectivity index (χ3v) is 7.00. The summed E-state index contributed by atoms with van der Waals surface area (Å²) in [6, 6.07) is 3.72. The first-order chi connectivity index (χ1) is 13.1. The second-order valence-electron chi connectivity index (χ2n) is 7.14. The van der Waals surface area contributed by atoms with Gasteiger partial charge in [-0.25, -0.2) is 8.42 Å². The van der Waals surface area contributed by atoms with Crippen molar-refractivity contribution in [1.29, 1.82) is 0 Å². The summed E-state index contributed by atoms with van der Waals surface area (Å²) in [7, 11) is -3.95. The molecule has 9 heteroatoms. The Balaban J connectivity index is 1.82. The number of hydrogen-bond donors (Lipinski definition) is 1. The maximum atomic E-state index is 13.1. The van der Waals surface area contributed by atoms with Crippen molar-refractivity contribution < 1.29 is 27.6 Å². The lowest BCUT2D eigenvalue weighted by atomic mass is 10.1. The number of sulfonamides is 1. The van der Waals surface area contributed by atoms with Crippen LogP contribution < -0.4 is 0 Å². The van der Waals surface area contributed by atoms with Crippen LogP contribution in [-0.4, -0.2) is 47.6 Å². The van der Waals surface area contributed by atoms with Gasteiger partial charge >= 0.3 is 5.97 Å². The Hall–Kier alpha value is -2.23. The molecule has 0 amide bonds. The lowest BCUT2D eigenvalue weighted by Gasteiger charge is -2.23. The van der Waals surface area contributed by atoms with Gasteiger partial charge in [0.25, 0.3) is 0 Å². The molecular weight excluding hydrogens is 384 g/mol. The number of benzene rings is 1. The monoisotopic (exact) mass is 408 g/mol. The third-order valence-electron chi connectivity index (χ3n) is 5.13. The lowest BCUT2D eigenvalue weighted by molar-refractivity contribution is -0.148. The largest absolute Gasteiger partial charge is 0.459 e. The van der Waals surface area contributed by atoms with Crippen LogP contribution in [0.1, 0.15) is 34.6 Å². The van der Waals surface area contributed by atoms with E-state index < -0.39 is 28.1 Å². The molecule has 0 bridgehead atoms. The van der Waals surface area contributed by atoms with E-state index in [2.05, 4.69) is 5.16 Å². The average Bonchev–Trinajstić information content (AvgIpc) is 3.18. The third kappa shape index (κ3) is 3.82. The molecule has 152 valence electrons. The Labute approximate surface area is 164 Å². The Bertz CT molecular complexity index is 978. The molecule has 0 aliphatic carbocycles. The predicted molar refractivity (Wildman–Crippen MR) is 100.0 cm³/mol. The molecule has 1 N–H and O–H groups in total. The highest BCUT2D eigenvalue weighted by molar-refractivity contribution is 7.89. The van der Waals surface area contributed by atoms with Gasteiger partial charge < -0.3 is 14.4 Å². The van der Waals surface area contributed by atoms with Crippen LogP contribution in [-0.2, 0) is 26.2 Å². The molecule has 2 atom stereocenters. The van der Waals surface area contributed by atoms with E-state index in [0.717, 1.165) is 15.4 Å². The van der Waals surface area contributed by atoms with Gasteiger partial charge in [-0.05, 0) is 51.0 Å². The summed E-state index contributed by atoms with van der Waals surface area (Å²) in [5.41, 5.74) is 3.06. The molecule has 0 spiro atoms. The molecule has 8 nitrogen and oxygen atoms in total. The minimum Gasteiger partial charge on any atom is -0.459 e. The van der Waals surface area contributed by atoms with Crippen LogP contribution in [0.25, 0.3) is 0 Å². The normalized spacial score (nSPS) is 20.5. The van der Waals surface area contributed by atoms with E-state index in [4.69, 9.17) is 9.26 Å². The second kappa shape index (κ2) is 7.65. The Morgan fingerprint density at radius 1 is 1.29 bits per heavy atom. The van der Waals surface area contributed by atoms with Crippen molar-refractivity contribution in [3.63, 3.8) is 0 Å². The van der Waals surface area contributed by atoms with E-state index in [-0.39, 0.29) is 24.5 Å². The van der Waals surface area contributed by atoms with Crippen LogP contribution in [0, 0.1) is 27.7 Å². The van der Waals surface area contributed by atoms with Crippen LogP contribution in [0.4, 0.5) is 0 Å². The first-order valence-electron chi connectivity index (χ1n) is 8.96. The van der Waals surface area contributed by atoms with E-state index in [1.165, 1.54) is 6.07 Å². The van der Waals surface area contributed by atoms with E-state index in [0.29, 0.717) is 17.0 Å². The van der Waals surface area contributed by atoms with Gasteiger partial charge in [0.15, 0.2) is 0 Å². The van der Waals surface area contributed by atoms with E-state index >= 15 is 0 Å². The minimum atomic E-state index is -3.95. The zero-order valence-electron chi connectivity index (χ0n) is 16.3. The summed E-state index contributed by atoms with van der Waals surface area (Å²) in [5, 5.41) is 13.8. The van der Waals surface area contributed by atoms with Crippen molar-refractivity contribution in [2.75, 3.05) is 6.54 Å². The summed E-state index contributed by atoms with van der Waals surface area (Å²) in [6.45, 7) is 6.93. The standard InChI is InChI=1S/C19H24N2O6S/c1-11-5-6-16(7-12(11)2)28(24,25)21-9-15(22)8-18(21)19(23)26-10-17-13(3)20-27-14(17)4/h5-7,15,18,22H,8-10H2,1-4H3/t15?,18-/m0/s1. The van der Waals surface area contributed by atoms with Crippen molar-refractivity contribution in [3.05, 3.63) is 46.3 Å². The molecular formula is C19H24N2O6S. The van der Waals surface area contributed by atoms with Gasteiger partial charge in [0.05, 0.1) is 22.3 Å². The van der Waals surface area contributed by atoms with Gasteiger partial charge in [-0.2, -0.15) is 4.31 Å². The zero-order valence-corrected chi connectivity index (χ0v) is 17.1. The van der Waals surface area contributed by atoms with E-state index in [1.807, 2.05) is 13.8 Å². The molecule has 1 aliphatic heterocycles. The van der Waals surface area contributed by atoms with Crippen molar-refractivity contribution in [2.24, 2.45) is 0 Å². The van der Waals surface area contributed by atoms with Crippen LogP contribution >= 0.6 is 0 Å². The number of aromatic nitrogens is 1. The first kappa shape index (κ1) is 20.5. The maximum absolute atomic E-state index is 13.1. The summed E-state index contributed by atoms with van der Waals surface area (Å²) in [5.74, 6) is -0.166. The molecule has 2 aromatic rings. The predicted octanol–water partition coefficient (Wildman–Crippen LogP) is 1.78. The number of carbonyl (C=O) groups excluding carboxylic acids is 1. The number of aliphatic hydroxyl groups is 1. The topological polar surface area (TPSA) is 110 Å². The number of β-amino-alcohol motifs (C(OH)–C–C–N with tert-alkyl or cyclic N) is 1. The summed E-state index contributed by atoms with van der Waals surface area (Å²) in [6.07, 6.45) is -0.942. The van der Waals surface area contributed by atoms with Crippen LogP contribution in [0.3, 0.4) is 0 Å².